The monoisotopic (exact) mass is 291 g/mol. The second kappa shape index (κ2) is 5.35. The molecule has 2 fully saturated rings. The summed E-state index contributed by atoms with van der Waals surface area (Å²) >= 11 is 0. The zero-order valence-electron chi connectivity index (χ0n) is 13.2. The molecule has 1 aromatic heterocycles. The van der Waals surface area contributed by atoms with Crippen LogP contribution in [0.3, 0.4) is 0 Å². The molecule has 2 aliphatic rings. The molecule has 1 aliphatic carbocycles. The number of likely N-dealkylation sites (tertiary alicyclic amines) is 1. The molecule has 1 amide bonds. The second-order valence-corrected chi connectivity index (χ2v) is 7.35. The Balaban J connectivity index is 1.54. The van der Waals surface area contributed by atoms with Gasteiger partial charge in [0, 0.05) is 37.4 Å². The molecule has 1 aromatic rings. The average molecular weight is 291 g/mol. The van der Waals surface area contributed by atoms with Crippen LogP contribution in [0.2, 0.25) is 0 Å². The summed E-state index contributed by atoms with van der Waals surface area (Å²) < 4.78 is 7.67. The van der Waals surface area contributed by atoms with E-state index in [1.807, 2.05) is 33.3 Å². The molecule has 1 aliphatic heterocycles. The zero-order chi connectivity index (χ0) is 15.0. The molecule has 3 rings (SSSR count). The van der Waals surface area contributed by atoms with Crippen LogP contribution in [0.25, 0.3) is 0 Å². The first-order chi connectivity index (χ1) is 9.92. The molecule has 0 N–H and O–H groups in total. The number of imidazole rings is 1. The quantitative estimate of drug-likeness (QED) is 0.860. The maximum atomic E-state index is 12.0. The van der Waals surface area contributed by atoms with Crippen molar-refractivity contribution in [2.24, 2.45) is 5.92 Å². The number of amides is 1. The lowest BCUT2D eigenvalue weighted by atomic mass is 9.85. The molecular weight excluding hydrogens is 266 g/mol. The van der Waals surface area contributed by atoms with Crippen molar-refractivity contribution in [3.05, 3.63) is 18.2 Å². The maximum absolute atomic E-state index is 12.0. The number of carbonyl (C=O) groups excluding carboxylic acids is 1. The summed E-state index contributed by atoms with van der Waals surface area (Å²) in [4.78, 5) is 18.0. The minimum absolute atomic E-state index is 0.205. The summed E-state index contributed by atoms with van der Waals surface area (Å²) in [5.41, 5.74) is 0.843. The van der Waals surface area contributed by atoms with Crippen LogP contribution in [0.4, 0.5) is 4.79 Å². The number of ether oxygens (including phenoxy) is 1. The standard InChI is InChI=1S/C16H25N3O2/c1-16(2,3)21-15(20)18-9-13(10-18)14-7-17-11-19(14)8-12-5-4-6-12/h7,11-13H,4-6,8-10H2,1-3H3. The molecule has 1 saturated carbocycles. The molecule has 5 heteroatoms. The van der Waals surface area contributed by atoms with E-state index in [4.69, 9.17) is 4.74 Å². The van der Waals surface area contributed by atoms with E-state index in [9.17, 15) is 4.79 Å². The Kier molecular flexibility index (Phi) is 3.68. The van der Waals surface area contributed by atoms with Gasteiger partial charge < -0.3 is 14.2 Å². The van der Waals surface area contributed by atoms with E-state index in [-0.39, 0.29) is 6.09 Å². The van der Waals surface area contributed by atoms with Gasteiger partial charge in [0.1, 0.15) is 5.60 Å². The normalized spacial score (nSPS) is 20.0. The van der Waals surface area contributed by atoms with Crippen LogP contribution >= 0.6 is 0 Å². The number of carbonyl (C=O) groups is 1. The predicted octanol–water partition coefficient (Wildman–Crippen LogP) is 3.02. The fourth-order valence-electron chi connectivity index (χ4n) is 2.92. The van der Waals surface area contributed by atoms with Crippen molar-refractivity contribution in [3.63, 3.8) is 0 Å². The van der Waals surface area contributed by atoms with Crippen LogP contribution in [0.15, 0.2) is 12.5 Å². The van der Waals surface area contributed by atoms with Crippen LogP contribution in [-0.2, 0) is 11.3 Å². The van der Waals surface area contributed by atoms with Gasteiger partial charge in [-0.25, -0.2) is 9.78 Å². The maximum Gasteiger partial charge on any atom is 0.410 e. The van der Waals surface area contributed by atoms with Crippen LogP contribution in [-0.4, -0.2) is 39.2 Å². The van der Waals surface area contributed by atoms with Crippen molar-refractivity contribution in [1.82, 2.24) is 14.5 Å². The van der Waals surface area contributed by atoms with Gasteiger partial charge in [0.15, 0.2) is 0 Å². The number of hydrogen-bond acceptors (Lipinski definition) is 3. The SMILES string of the molecule is CC(C)(C)OC(=O)N1CC(c2cncn2CC2CCC2)C1. The Morgan fingerprint density at radius 3 is 2.67 bits per heavy atom. The van der Waals surface area contributed by atoms with Gasteiger partial charge in [0.05, 0.1) is 6.33 Å². The van der Waals surface area contributed by atoms with Crippen LogP contribution in [0.5, 0.6) is 0 Å². The molecule has 5 nitrogen and oxygen atoms in total. The molecular formula is C16H25N3O2. The van der Waals surface area contributed by atoms with Crippen molar-refractivity contribution in [3.8, 4) is 0 Å². The molecule has 0 bridgehead atoms. The van der Waals surface area contributed by atoms with Gasteiger partial charge in [0.25, 0.3) is 0 Å². The summed E-state index contributed by atoms with van der Waals surface area (Å²) in [6.45, 7) is 8.26. The third-order valence-electron chi connectivity index (χ3n) is 4.38. The average Bonchev–Trinajstić information content (AvgIpc) is 2.67. The van der Waals surface area contributed by atoms with Crippen LogP contribution in [0, 0.1) is 5.92 Å². The first-order valence-corrected chi connectivity index (χ1v) is 7.90. The van der Waals surface area contributed by atoms with Crippen molar-refractivity contribution < 1.29 is 9.53 Å². The lowest BCUT2D eigenvalue weighted by molar-refractivity contribution is 0.00748. The third kappa shape index (κ3) is 3.22. The van der Waals surface area contributed by atoms with E-state index in [1.165, 1.54) is 25.0 Å². The van der Waals surface area contributed by atoms with E-state index in [0.717, 1.165) is 25.6 Å². The van der Waals surface area contributed by atoms with E-state index >= 15 is 0 Å². The van der Waals surface area contributed by atoms with Gasteiger partial charge in [-0.2, -0.15) is 0 Å². The number of nitrogens with zero attached hydrogens (tertiary/aromatic N) is 3. The van der Waals surface area contributed by atoms with E-state index in [1.54, 1.807) is 4.90 Å². The minimum Gasteiger partial charge on any atom is -0.444 e. The van der Waals surface area contributed by atoms with Crippen LogP contribution in [0.1, 0.15) is 51.6 Å². The molecule has 0 radical (unpaired) electrons. The second-order valence-electron chi connectivity index (χ2n) is 7.35. The predicted molar refractivity (Wildman–Crippen MR) is 80.1 cm³/mol. The highest BCUT2D eigenvalue weighted by Gasteiger charge is 2.36. The number of rotatable bonds is 3. The van der Waals surface area contributed by atoms with E-state index in [0.29, 0.717) is 5.92 Å². The smallest absolute Gasteiger partial charge is 0.410 e. The summed E-state index contributed by atoms with van der Waals surface area (Å²) in [7, 11) is 0. The Labute approximate surface area is 126 Å². The molecule has 0 unspecified atom stereocenters. The van der Waals surface area contributed by atoms with E-state index < -0.39 is 5.60 Å². The summed E-state index contributed by atoms with van der Waals surface area (Å²) in [6.07, 6.45) is 7.73. The van der Waals surface area contributed by atoms with Gasteiger partial charge in [0.2, 0.25) is 0 Å². The molecule has 2 heterocycles. The molecule has 21 heavy (non-hydrogen) atoms. The van der Waals surface area contributed by atoms with Crippen molar-refractivity contribution >= 4 is 6.09 Å². The molecule has 0 aromatic carbocycles. The molecule has 116 valence electrons. The Hall–Kier alpha value is -1.52. The Morgan fingerprint density at radius 2 is 2.10 bits per heavy atom. The fraction of sp³-hybridized carbons (Fsp3) is 0.750. The first-order valence-electron chi connectivity index (χ1n) is 7.90. The van der Waals surface area contributed by atoms with Crippen molar-refractivity contribution in [2.45, 2.75) is 58.1 Å². The minimum atomic E-state index is -0.422. The lowest BCUT2D eigenvalue weighted by Gasteiger charge is -2.40. The third-order valence-corrected chi connectivity index (χ3v) is 4.38. The number of aromatic nitrogens is 2. The highest BCUT2D eigenvalue weighted by Crippen LogP contribution is 2.32. The Morgan fingerprint density at radius 1 is 1.38 bits per heavy atom. The topological polar surface area (TPSA) is 47.4 Å². The molecule has 1 saturated heterocycles. The summed E-state index contributed by atoms with van der Waals surface area (Å²) in [6, 6.07) is 0. The Bertz CT molecular complexity index is 508. The van der Waals surface area contributed by atoms with Crippen molar-refractivity contribution in [1.29, 1.82) is 0 Å². The van der Waals surface area contributed by atoms with Gasteiger partial charge in [-0.15, -0.1) is 0 Å². The van der Waals surface area contributed by atoms with Crippen molar-refractivity contribution in [2.75, 3.05) is 13.1 Å². The van der Waals surface area contributed by atoms with E-state index in [2.05, 4.69) is 9.55 Å². The lowest BCUT2D eigenvalue weighted by Crippen LogP contribution is -2.50. The summed E-state index contributed by atoms with van der Waals surface area (Å²) in [5.74, 6) is 1.22. The first kappa shape index (κ1) is 14.4. The van der Waals surface area contributed by atoms with Gasteiger partial charge in [-0.05, 0) is 39.5 Å². The highest BCUT2D eigenvalue weighted by atomic mass is 16.6. The van der Waals surface area contributed by atoms with Crippen LogP contribution < -0.4 is 0 Å². The molecule has 0 atom stereocenters. The fourth-order valence-corrected chi connectivity index (χ4v) is 2.92. The highest BCUT2D eigenvalue weighted by molar-refractivity contribution is 5.69. The largest absolute Gasteiger partial charge is 0.444 e. The molecule has 0 spiro atoms. The number of hydrogen-bond donors (Lipinski definition) is 0. The van der Waals surface area contributed by atoms with Gasteiger partial charge in [-0.3, -0.25) is 0 Å². The van der Waals surface area contributed by atoms with Gasteiger partial charge in [-0.1, -0.05) is 6.42 Å². The zero-order valence-corrected chi connectivity index (χ0v) is 13.2. The van der Waals surface area contributed by atoms with Gasteiger partial charge >= 0.3 is 6.09 Å². The summed E-state index contributed by atoms with van der Waals surface area (Å²) in [5, 5.41) is 0.